The first-order valence-corrected chi connectivity index (χ1v) is 6.77. The molecule has 18 heavy (non-hydrogen) atoms. The molecule has 1 fully saturated rings. The van der Waals surface area contributed by atoms with Crippen LogP contribution in [0.2, 0.25) is 0 Å². The van der Waals surface area contributed by atoms with Gasteiger partial charge in [0.05, 0.1) is 0 Å². The zero-order valence-electron chi connectivity index (χ0n) is 9.96. The molecule has 0 aromatic heterocycles. The average Bonchev–Trinajstić information content (AvgIpc) is 2.46. The van der Waals surface area contributed by atoms with E-state index >= 15 is 0 Å². The van der Waals surface area contributed by atoms with Crippen LogP contribution in [-0.2, 0) is 4.79 Å². The van der Waals surface area contributed by atoms with E-state index in [1.54, 1.807) is 12.1 Å². The molecule has 0 spiro atoms. The highest BCUT2D eigenvalue weighted by molar-refractivity contribution is 7.97. The molecule has 1 aliphatic heterocycles. The summed E-state index contributed by atoms with van der Waals surface area (Å²) in [6, 6.07) is 7.71. The summed E-state index contributed by atoms with van der Waals surface area (Å²) >= 11 is 1.54. The molecule has 0 amide bonds. The molecular formula is C13H16N2O2S. The average molecular weight is 264 g/mol. The highest BCUT2D eigenvalue weighted by Crippen LogP contribution is 2.18. The van der Waals surface area contributed by atoms with Gasteiger partial charge in [-0.3, -0.25) is 9.52 Å². The van der Waals surface area contributed by atoms with Crippen molar-refractivity contribution in [1.82, 2.24) is 10.0 Å². The fourth-order valence-corrected chi connectivity index (χ4v) is 2.69. The second-order valence-electron chi connectivity index (χ2n) is 4.39. The van der Waals surface area contributed by atoms with E-state index in [1.807, 2.05) is 12.1 Å². The third-order valence-corrected chi connectivity index (χ3v) is 3.90. The molecule has 2 rings (SSSR count). The van der Waals surface area contributed by atoms with Gasteiger partial charge in [-0.15, -0.1) is 0 Å². The maximum atomic E-state index is 10.7. The van der Waals surface area contributed by atoms with Crippen molar-refractivity contribution in [2.45, 2.75) is 17.4 Å². The highest BCUT2D eigenvalue weighted by Gasteiger charge is 2.20. The lowest BCUT2D eigenvalue weighted by molar-refractivity contribution is -0.111. The van der Waals surface area contributed by atoms with Crippen LogP contribution in [0.25, 0.3) is 0 Å². The van der Waals surface area contributed by atoms with Gasteiger partial charge in [0.25, 0.3) is 0 Å². The van der Waals surface area contributed by atoms with Crippen LogP contribution in [0.1, 0.15) is 16.8 Å². The topological polar surface area (TPSA) is 58.2 Å². The fourth-order valence-electron chi connectivity index (χ4n) is 1.93. The van der Waals surface area contributed by atoms with Gasteiger partial charge in [-0.1, -0.05) is 12.1 Å². The number of nitrogens with one attached hydrogen (secondary N) is 2. The van der Waals surface area contributed by atoms with Crippen molar-refractivity contribution in [3.05, 3.63) is 29.8 Å². The number of benzene rings is 1. The molecule has 1 saturated heterocycles. The van der Waals surface area contributed by atoms with Crippen LogP contribution >= 0.6 is 11.9 Å². The van der Waals surface area contributed by atoms with E-state index in [1.165, 1.54) is 11.9 Å². The molecule has 0 bridgehead atoms. The predicted octanol–water partition coefficient (Wildman–Crippen LogP) is 1.27. The Kier molecular flexibility index (Phi) is 4.92. The molecule has 5 heteroatoms. The lowest BCUT2D eigenvalue weighted by atomic mass is 9.98. The molecule has 1 aliphatic rings. The van der Waals surface area contributed by atoms with E-state index in [9.17, 15) is 9.59 Å². The molecular weight excluding hydrogens is 248 g/mol. The van der Waals surface area contributed by atoms with Crippen LogP contribution < -0.4 is 10.0 Å². The smallest absolute Gasteiger partial charge is 0.150 e. The SMILES string of the molecule is O=Cc1ccc(SNC2CNCC(C=O)C2)cc1. The summed E-state index contributed by atoms with van der Waals surface area (Å²) in [5.41, 5.74) is 0.680. The molecule has 2 atom stereocenters. The minimum absolute atomic E-state index is 0.106. The summed E-state index contributed by atoms with van der Waals surface area (Å²) in [6.07, 6.45) is 2.72. The number of carbonyl (C=O) groups excluding carboxylic acids is 2. The molecule has 2 unspecified atom stereocenters. The van der Waals surface area contributed by atoms with Crippen molar-refractivity contribution >= 4 is 24.5 Å². The zero-order chi connectivity index (χ0) is 12.8. The third-order valence-electron chi connectivity index (χ3n) is 2.94. The molecule has 0 saturated carbocycles. The van der Waals surface area contributed by atoms with Crippen LogP contribution in [-0.4, -0.2) is 31.7 Å². The molecule has 2 N–H and O–H groups in total. The largest absolute Gasteiger partial charge is 0.314 e. The summed E-state index contributed by atoms with van der Waals surface area (Å²) in [5, 5.41) is 3.24. The van der Waals surface area contributed by atoms with Crippen molar-refractivity contribution in [2.75, 3.05) is 13.1 Å². The van der Waals surface area contributed by atoms with Gasteiger partial charge in [-0.25, -0.2) is 0 Å². The zero-order valence-corrected chi connectivity index (χ0v) is 10.8. The summed E-state index contributed by atoms with van der Waals surface area (Å²) in [5.74, 6) is 0.106. The van der Waals surface area contributed by atoms with Gasteiger partial charge < -0.3 is 10.1 Å². The standard InChI is InChI=1S/C13H16N2O2S/c16-8-10-1-3-13(4-2-10)18-15-12-5-11(9-17)6-14-7-12/h1-4,8-9,11-12,14-15H,5-7H2. The number of hydrogen-bond acceptors (Lipinski definition) is 5. The van der Waals surface area contributed by atoms with E-state index < -0.39 is 0 Å². The monoisotopic (exact) mass is 264 g/mol. The quantitative estimate of drug-likeness (QED) is 0.619. The number of aldehydes is 2. The highest BCUT2D eigenvalue weighted by atomic mass is 32.2. The first-order chi connectivity index (χ1) is 8.81. The van der Waals surface area contributed by atoms with Crippen molar-refractivity contribution in [3.63, 3.8) is 0 Å². The predicted molar refractivity (Wildman–Crippen MR) is 71.7 cm³/mol. The van der Waals surface area contributed by atoms with Gasteiger partial charge in [0.1, 0.15) is 12.6 Å². The van der Waals surface area contributed by atoms with Gasteiger partial charge in [0, 0.05) is 35.5 Å². The van der Waals surface area contributed by atoms with Gasteiger partial charge in [0.2, 0.25) is 0 Å². The summed E-state index contributed by atoms with van der Waals surface area (Å²) < 4.78 is 3.35. The Morgan fingerprint density at radius 3 is 2.67 bits per heavy atom. The van der Waals surface area contributed by atoms with Crippen LogP contribution in [0.5, 0.6) is 0 Å². The van der Waals surface area contributed by atoms with Crippen molar-refractivity contribution in [3.8, 4) is 0 Å². The van der Waals surface area contributed by atoms with Crippen molar-refractivity contribution in [2.24, 2.45) is 5.92 Å². The number of carbonyl (C=O) groups is 2. The first kappa shape index (κ1) is 13.3. The van der Waals surface area contributed by atoms with E-state index in [-0.39, 0.29) is 5.92 Å². The maximum Gasteiger partial charge on any atom is 0.150 e. The van der Waals surface area contributed by atoms with Gasteiger partial charge in [-0.05, 0) is 30.5 Å². The Balaban J connectivity index is 1.82. The minimum atomic E-state index is 0.106. The molecule has 1 aromatic rings. The number of rotatable bonds is 5. The molecule has 1 aromatic carbocycles. The second-order valence-corrected chi connectivity index (χ2v) is 5.31. The third kappa shape index (κ3) is 3.66. The first-order valence-electron chi connectivity index (χ1n) is 5.95. The summed E-state index contributed by atoms with van der Waals surface area (Å²) in [4.78, 5) is 22.3. The molecule has 0 aliphatic carbocycles. The van der Waals surface area contributed by atoms with Crippen LogP contribution in [0.15, 0.2) is 29.2 Å². The lowest BCUT2D eigenvalue weighted by Crippen LogP contribution is -2.45. The van der Waals surface area contributed by atoms with E-state index in [0.717, 1.165) is 37.0 Å². The summed E-state index contributed by atoms with van der Waals surface area (Å²) in [7, 11) is 0. The molecule has 1 heterocycles. The normalized spacial score (nSPS) is 23.6. The number of piperidine rings is 1. The Labute approximate surface area is 111 Å². The van der Waals surface area contributed by atoms with E-state index in [4.69, 9.17) is 0 Å². The lowest BCUT2D eigenvalue weighted by Gasteiger charge is -2.27. The van der Waals surface area contributed by atoms with Gasteiger partial charge in [0.15, 0.2) is 0 Å². The van der Waals surface area contributed by atoms with Gasteiger partial charge >= 0.3 is 0 Å². The second kappa shape index (κ2) is 6.68. The Morgan fingerprint density at radius 2 is 2.00 bits per heavy atom. The fraction of sp³-hybridized carbons (Fsp3) is 0.385. The Bertz CT molecular complexity index is 408. The number of hydrogen-bond donors (Lipinski definition) is 2. The summed E-state index contributed by atoms with van der Waals surface area (Å²) in [6.45, 7) is 1.66. The van der Waals surface area contributed by atoms with Gasteiger partial charge in [-0.2, -0.15) is 0 Å². The molecule has 0 radical (unpaired) electrons. The van der Waals surface area contributed by atoms with Crippen molar-refractivity contribution < 1.29 is 9.59 Å². The van der Waals surface area contributed by atoms with E-state index in [0.29, 0.717) is 11.6 Å². The van der Waals surface area contributed by atoms with Crippen LogP contribution in [0.3, 0.4) is 0 Å². The van der Waals surface area contributed by atoms with Crippen LogP contribution in [0.4, 0.5) is 0 Å². The minimum Gasteiger partial charge on any atom is -0.314 e. The van der Waals surface area contributed by atoms with Crippen molar-refractivity contribution in [1.29, 1.82) is 0 Å². The molecule has 4 nitrogen and oxygen atoms in total. The maximum absolute atomic E-state index is 10.7. The Hall–Kier alpha value is -1.17. The van der Waals surface area contributed by atoms with Crippen LogP contribution in [0, 0.1) is 5.92 Å². The Morgan fingerprint density at radius 1 is 1.22 bits per heavy atom. The van der Waals surface area contributed by atoms with E-state index in [2.05, 4.69) is 10.0 Å². The molecule has 96 valence electrons.